The van der Waals surface area contributed by atoms with E-state index in [1.165, 1.54) is 6.92 Å². The molecule has 1 aliphatic heterocycles. The van der Waals surface area contributed by atoms with E-state index in [0.29, 0.717) is 53.3 Å². The minimum Gasteiger partial charge on any atom is -0.353 e. The fourth-order valence-electron chi connectivity index (χ4n) is 2.74. The number of halogens is 2. The molecule has 0 bridgehead atoms. The van der Waals surface area contributed by atoms with E-state index in [9.17, 15) is 9.59 Å². The molecule has 3 rings (SSSR count). The van der Waals surface area contributed by atoms with Gasteiger partial charge in [0, 0.05) is 33.1 Å². The normalized spacial score (nSPS) is 14.3. The zero-order valence-electron chi connectivity index (χ0n) is 14.2. The molecule has 8 heteroatoms. The van der Waals surface area contributed by atoms with Crippen LogP contribution in [0.15, 0.2) is 36.5 Å². The molecular weight excluding hydrogens is 375 g/mol. The fraction of sp³-hybridized carbons (Fsp3) is 0.278. The number of rotatable bonds is 3. The van der Waals surface area contributed by atoms with Crippen molar-refractivity contribution in [3.63, 3.8) is 0 Å². The first-order valence-corrected chi connectivity index (χ1v) is 8.93. The third-order valence-electron chi connectivity index (χ3n) is 4.23. The minimum absolute atomic E-state index is 0.0327. The van der Waals surface area contributed by atoms with Crippen molar-refractivity contribution in [2.75, 3.05) is 31.5 Å². The average Bonchev–Trinajstić information content (AvgIpc) is 2.65. The maximum absolute atomic E-state index is 12.5. The predicted molar refractivity (Wildman–Crippen MR) is 102 cm³/mol. The van der Waals surface area contributed by atoms with Crippen LogP contribution in [0.5, 0.6) is 0 Å². The van der Waals surface area contributed by atoms with Crippen molar-refractivity contribution in [2.24, 2.45) is 0 Å². The SMILES string of the molecule is CC(=O)N1CCN(C(=O)c2ccc(Nc3cccc(Cl)c3Cl)cn2)CC1. The van der Waals surface area contributed by atoms with Crippen molar-refractivity contribution in [2.45, 2.75) is 6.92 Å². The van der Waals surface area contributed by atoms with Gasteiger partial charge in [-0.1, -0.05) is 29.3 Å². The van der Waals surface area contributed by atoms with Crippen LogP contribution < -0.4 is 5.32 Å². The molecule has 1 aliphatic rings. The van der Waals surface area contributed by atoms with Crippen LogP contribution >= 0.6 is 23.2 Å². The summed E-state index contributed by atoms with van der Waals surface area (Å²) in [6.45, 7) is 3.66. The summed E-state index contributed by atoms with van der Waals surface area (Å²) < 4.78 is 0. The van der Waals surface area contributed by atoms with E-state index in [1.54, 1.807) is 40.3 Å². The van der Waals surface area contributed by atoms with E-state index in [0.717, 1.165) is 0 Å². The summed E-state index contributed by atoms with van der Waals surface area (Å²) in [7, 11) is 0. The van der Waals surface area contributed by atoms with Crippen molar-refractivity contribution in [1.82, 2.24) is 14.8 Å². The number of hydrogen-bond donors (Lipinski definition) is 1. The largest absolute Gasteiger partial charge is 0.353 e. The lowest BCUT2D eigenvalue weighted by molar-refractivity contribution is -0.130. The lowest BCUT2D eigenvalue weighted by Gasteiger charge is -2.34. The highest BCUT2D eigenvalue weighted by Gasteiger charge is 2.23. The van der Waals surface area contributed by atoms with Gasteiger partial charge >= 0.3 is 0 Å². The first-order chi connectivity index (χ1) is 12.5. The molecule has 136 valence electrons. The molecule has 0 radical (unpaired) electrons. The number of carbonyl (C=O) groups is 2. The van der Waals surface area contributed by atoms with Crippen LogP contribution in [0.2, 0.25) is 10.0 Å². The second-order valence-electron chi connectivity index (χ2n) is 5.96. The van der Waals surface area contributed by atoms with Crippen LogP contribution in [-0.4, -0.2) is 52.8 Å². The average molecular weight is 393 g/mol. The van der Waals surface area contributed by atoms with E-state index < -0.39 is 0 Å². The zero-order valence-corrected chi connectivity index (χ0v) is 15.7. The summed E-state index contributed by atoms with van der Waals surface area (Å²) in [6, 6.07) is 8.75. The Hall–Kier alpha value is -2.31. The first-order valence-electron chi connectivity index (χ1n) is 8.17. The van der Waals surface area contributed by atoms with Gasteiger partial charge in [-0.15, -0.1) is 0 Å². The van der Waals surface area contributed by atoms with Crippen molar-refractivity contribution in [3.8, 4) is 0 Å². The van der Waals surface area contributed by atoms with Gasteiger partial charge in [0.05, 0.1) is 27.6 Å². The molecule has 1 fully saturated rings. The maximum Gasteiger partial charge on any atom is 0.272 e. The Kier molecular flexibility index (Phi) is 5.64. The number of benzene rings is 1. The molecule has 0 atom stereocenters. The molecule has 0 aliphatic carbocycles. The summed E-state index contributed by atoms with van der Waals surface area (Å²) in [6.07, 6.45) is 1.58. The Balaban J connectivity index is 1.65. The molecule has 1 N–H and O–H groups in total. The zero-order chi connectivity index (χ0) is 18.7. The van der Waals surface area contributed by atoms with Crippen LogP contribution in [0.4, 0.5) is 11.4 Å². The van der Waals surface area contributed by atoms with E-state index in [-0.39, 0.29) is 11.8 Å². The lowest BCUT2D eigenvalue weighted by Crippen LogP contribution is -2.50. The molecule has 1 saturated heterocycles. The highest BCUT2D eigenvalue weighted by atomic mass is 35.5. The smallest absolute Gasteiger partial charge is 0.272 e. The number of aromatic nitrogens is 1. The van der Waals surface area contributed by atoms with Crippen LogP contribution in [0, 0.1) is 0 Å². The predicted octanol–water partition coefficient (Wildman–Crippen LogP) is 3.44. The summed E-state index contributed by atoms with van der Waals surface area (Å²) in [5, 5.41) is 4.02. The molecule has 1 aromatic carbocycles. The number of pyridine rings is 1. The van der Waals surface area contributed by atoms with E-state index >= 15 is 0 Å². The van der Waals surface area contributed by atoms with Crippen molar-refractivity contribution < 1.29 is 9.59 Å². The van der Waals surface area contributed by atoms with Crippen LogP contribution in [0.1, 0.15) is 17.4 Å². The Morgan fingerprint density at radius 2 is 1.73 bits per heavy atom. The van der Waals surface area contributed by atoms with Gasteiger partial charge in [0.1, 0.15) is 5.69 Å². The summed E-state index contributed by atoms with van der Waals surface area (Å²) in [4.78, 5) is 31.6. The van der Waals surface area contributed by atoms with Crippen molar-refractivity contribution in [3.05, 3.63) is 52.3 Å². The number of hydrogen-bond acceptors (Lipinski definition) is 4. The van der Waals surface area contributed by atoms with Gasteiger partial charge in [-0.25, -0.2) is 4.98 Å². The Morgan fingerprint density at radius 1 is 1.04 bits per heavy atom. The van der Waals surface area contributed by atoms with Gasteiger partial charge in [0.15, 0.2) is 0 Å². The van der Waals surface area contributed by atoms with Crippen LogP contribution in [-0.2, 0) is 4.79 Å². The molecule has 6 nitrogen and oxygen atoms in total. The van der Waals surface area contributed by atoms with E-state index in [4.69, 9.17) is 23.2 Å². The number of carbonyl (C=O) groups excluding carboxylic acids is 2. The summed E-state index contributed by atoms with van der Waals surface area (Å²) in [5.74, 6) is -0.106. The summed E-state index contributed by atoms with van der Waals surface area (Å²) >= 11 is 12.2. The maximum atomic E-state index is 12.5. The molecule has 2 heterocycles. The molecule has 26 heavy (non-hydrogen) atoms. The fourth-order valence-corrected chi connectivity index (χ4v) is 3.08. The van der Waals surface area contributed by atoms with Gasteiger partial charge in [0.2, 0.25) is 5.91 Å². The molecule has 2 aromatic rings. The number of anilines is 2. The topological polar surface area (TPSA) is 65.5 Å². The van der Waals surface area contributed by atoms with Crippen molar-refractivity contribution >= 4 is 46.4 Å². The molecule has 0 spiro atoms. The van der Waals surface area contributed by atoms with Gasteiger partial charge < -0.3 is 15.1 Å². The number of nitrogens with zero attached hydrogens (tertiary/aromatic N) is 3. The monoisotopic (exact) mass is 392 g/mol. The van der Waals surface area contributed by atoms with E-state index in [1.807, 2.05) is 6.07 Å². The molecule has 1 aromatic heterocycles. The highest BCUT2D eigenvalue weighted by Crippen LogP contribution is 2.31. The minimum atomic E-state index is -0.138. The number of amides is 2. The Morgan fingerprint density at radius 3 is 2.35 bits per heavy atom. The van der Waals surface area contributed by atoms with Crippen LogP contribution in [0.3, 0.4) is 0 Å². The quantitative estimate of drug-likeness (QED) is 0.868. The molecule has 0 saturated carbocycles. The number of nitrogens with one attached hydrogen (secondary N) is 1. The number of piperazine rings is 1. The third-order valence-corrected chi connectivity index (χ3v) is 5.04. The Labute approximate surface area is 161 Å². The van der Waals surface area contributed by atoms with Gasteiger partial charge in [0.25, 0.3) is 5.91 Å². The molecule has 0 unspecified atom stereocenters. The standard InChI is InChI=1S/C18H18Cl2N4O2/c1-12(25)23-7-9-24(10-8-23)18(26)16-6-5-13(11-21-16)22-15-4-2-3-14(19)17(15)20/h2-6,11,22H,7-10H2,1H3. The van der Waals surface area contributed by atoms with Gasteiger partial charge in [-0.2, -0.15) is 0 Å². The van der Waals surface area contributed by atoms with Crippen LogP contribution in [0.25, 0.3) is 0 Å². The third kappa shape index (κ3) is 4.08. The van der Waals surface area contributed by atoms with Gasteiger partial charge in [-0.05, 0) is 24.3 Å². The highest BCUT2D eigenvalue weighted by molar-refractivity contribution is 6.43. The van der Waals surface area contributed by atoms with Crippen molar-refractivity contribution in [1.29, 1.82) is 0 Å². The summed E-state index contributed by atoms with van der Waals surface area (Å²) in [5.41, 5.74) is 1.73. The van der Waals surface area contributed by atoms with Gasteiger partial charge in [-0.3, -0.25) is 9.59 Å². The van der Waals surface area contributed by atoms with E-state index in [2.05, 4.69) is 10.3 Å². The Bertz CT molecular complexity index is 818. The first kappa shape index (κ1) is 18.5. The second-order valence-corrected chi connectivity index (χ2v) is 6.74. The lowest BCUT2D eigenvalue weighted by atomic mass is 10.2. The molecular formula is C18H18Cl2N4O2. The second kappa shape index (κ2) is 7.93. The molecule has 2 amide bonds.